The first-order chi connectivity index (χ1) is 8.61. The van der Waals surface area contributed by atoms with Crippen molar-refractivity contribution in [3.63, 3.8) is 0 Å². The lowest BCUT2D eigenvalue weighted by atomic mass is 10.3. The molecule has 1 aliphatic rings. The zero-order chi connectivity index (χ0) is 12.8. The summed E-state index contributed by atoms with van der Waals surface area (Å²) >= 11 is 5.86. The number of thiol groups is 1. The van der Waals surface area contributed by atoms with Gasteiger partial charge in [-0.1, -0.05) is 29.8 Å². The summed E-state index contributed by atoms with van der Waals surface area (Å²) in [6.07, 6.45) is 1.38. The average Bonchev–Trinajstić information content (AvgIpc) is 2.63. The molecule has 0 atom stereocenters. The maximum Gasteiger partial charge on any atom is 0.281 e. The van der Waals surface area contributed by atoms with Gasteiger partial charge in [-0.2, -0.15) is 0 Å². The van der Waals surface area contributed by atoms with Crippen LogP contribution in [0, 0.1) is 0 Å². The SMILES string of the molecule is O=C1N[SH](=O)(c2ccccc2)c2cc(Cl)cnc21. The standard InChI is InChI=1S/C12H9ClN2O2S/c13-8-6-10-11(14-7-8)12(16)15-18(10,17)9-4-2-1-3-5-9/h1-7,18H,(H,15,16,17). The quantitative estimate of drug-likeness (QED) is 0.784. The van der Waals surface area contributed by atoms with Crippen molar-refractivity contribution in [2.45, 2.75) is 9.79 Å². The summed E-state index contributed by atoms with van der Waals surface area (Å²) in [5.74, 6) is -0.422. The molecule has 1 N–H and O–H groups in total. The van der Waals surface area contributed by atoms with Gasteiger partial charge in [0.05, 0.1) is 9.92 Å². The number of pyridine rings is 1. The highest BCUT2D eigenvalue weighted by molar-refractivity contribution is 8.02. The highest BCUT2D eigenvalue weighted by atomic mass is 35.5. The third-order valence-electron chi connectivity index (χ3n) is 2.77. The summed E-state index contributed by atoms with van der Waals surface area (Å²) in [7, 11) is -3.14. The third-order valence-corrected chi connectivity index (χ3v) is 5.54. The van der Waals surface area contributed by atoms with Crippen LogP contribution >= 0.6 is 11.6 Å². The molecule has 3 rings (SSSR count). The molecule has 2 aromatic rings. The van der Waals surface area contributed by atoms with Crippen molar-refractivity contribution >= 4 is 27.6 Å². The maximum absolute atomic E-state index is 13.0. The highest BCUT2D eigenvalue weighted by Gasteiger charge is 2.35. The molecule has 6 heteroatoms. The fourth-order valence-corrected chi connectivity index (χ4v) is 4.47. The Labute approximate surface area is 110 Å². The first-order valence-corrected chi connectivity index (χ1v) is 7.34. The van der Waals surface area contributed by atoms with Crippen molar-refractivity contribution in [1.29, 1.82) is 0 Å². The van der Waals surface area contributed by atoms with Crippen LogP contribution in [0.4, 0.5) is 0 Å². The molecule has 0 spiro atoms. The van der Waals surface area contributed by atoms with Crippen LogP contribution in [0.2, 0.25) is 5.02 Å². The minimum atomic E-state index is -3.14. The van der Waals surface area contributed by atoms with Gasteiger partial charge in [0.1, 0.15) is 5.69 Å². The van der Waals surface area contributed by atoms with Crippen molar-refractivity contribution in [2.24, 2.45) is 0 Å². The zero-order valence-electron chi connectivity index (χ0n) is 9.13. The Morgan fingerprint density at radius 3 is 2.67 bits per heavy atom. The second kappa shape index (κ2) is 3.90. The number of halogens is 1. The minimum Gasteiger partial charge on any atom is -0.285 e. The van der Waals surface area contributed by atoms with Gasteiger partial charge in [-0.15, -0.1) is 0 Å². The smallest absolute Gasteiger partial charge is 0.281 e. The number of hydrogen-bond acceptors (Lipinski definition) is 3. The fraction of sp³-hybridized carbons (Fsp3) is 0. The number of carbonyl (C=O) groups is 1. The summed E-state index contributed by atoms with van der Waals surface area (Å²) in [5.41, 5.74) is 0.187. The fourth-order valence-electron chi connectivity index (χ4n) is 1.94. The number of benzene rings is 1. The van der Waals surface area contributed by atoms with Crippen LogP contribution in [0.3, 0.4) is 0 Å². The van der Waals surface area contributed by atoms with E-state index in [1.165, 1.54) is 12.3 Å². The van der Waals surface area contributed by atoms with Crippen molar-refractivity contribution in [2.75, 3.05) is 0 Å². The lowest BCUT2D eigenvalue weighted by Gasteiger charge is -2.19. The Morgan fingerprint density at radius 1 is 1.22 bits per heavy atom. The van der Waals surface area contributed by atoms with Crippen LogP contribution in [0.25, 0.3) is 0 Å². The van der Waals surface area contributed by atoms with E-state index in [-0.39, 0.29) is 5.69 Å². The largest absolute Gasteiger partial charge is 0.285 e. The van der Waals surface area contributed by atoms with Gasteiger partial charge in [-0.05, 0) is 18.2 Å². The Bertz CT molecular complexity index is 688. The molecule has 0 fully saturated rings. The molecule has 92 valence electrons. The second-order valence-corrected chi connectivity index (χ2v) is 6.78. The number of aromatic nitrogens is 1. The van der Waals surface area contributed by atoms with E-state index in [0.717, 1.165) is 0 Å². The Morgan fingerprint density at radius 2 is 1.94 bits per heavy atom. The summed E-state index contributed by atoms with van der Waals surface area (Å²) < 4.78 is 15.5. The van der Waals surface area contributed by atoms with E-state index < -0.39 is 16.0 Å². The van der Waals surface area contributed by atoms with E-state index >= 15 is 0 Å². The Kier molecular flexibility index (Phi) is 2.46. The van der Waals surface area contributed by atoms with Crippen LogP contribution in [0.5, 0.6) is 0 Å². The topological polar surface area (TPSA) is 59.1 Å². The molecular formula is C12H9ClN2O2S. The monoisotopic (exact) mass is 280 g/mol. The molecule has 4 nitrogen and oxygen atoms in total. The number of amides is 1. The van der Waals surface area contributed by atoms with Crippen LogP contribution in [0.1, 0.15) is 10.5 Å². The van der Waals surface area contributed by atoms with Gasteiger partial charge in [-0.25, -0.2) is 4.98 Å². The highest BCUT2D eigenvalue weighted by Crippen LogP contribution is 2.34. The van der Waals surface area contributed by atoms with E-state index in [0.29, 0.717) is 14.8 Å². The third kappa shape index (κ3) is 1.55. The molecule has 1 aromatic heterocycles. The van der Waals surface area contributed by atoms with E-state index in [1.54, 1.807) is 24.3 Å². The predicted molar refractivity (Wildman–Crippen MR) is 69.2 cm³/mol. The van der Waals surface area contributed by atoms with Crippen LogP contribution in [-0.4, -0.2) is 15.1 Å². The molecule has 1 aliphatic heterocycles. The maximum atomic E-state index is 13.0. The van der Waals surface area contributed by atoms with Gasteiger partial charge in [0, 0.05) is 21.2 Å². The normalized spacial score (nSPS) is 17.9. The zero-order valence-corrected chi connectivity index (χ0v) is 10.8. The molecular weight excluding hydrogens is 272 g/mol. The summed E-state index contributed by atoms with van der Waals surface area (Å²) in [4.78, 5) is 16.7. The molecule has 1 amide bonds. The summed E-state index contributed by atoms with van der Waals surface area (Å²) in [5, 5.41) is 0.362. The average molecular weight is 281 g/mol. The van der Waals surface area contributed by atoms with Gasteiger partial charge in [0.15, 0.2) is 0 Å². The van der Waals surface area contributed by atoms with E-state index in [2.05, 4.69) is 9.71 Å². The number of nitrogens with zero attached hydrogens (tertiary/aromatic N) is 1. The second-order valence-electron chi connectivity index (χ2n) is 3.91. The van der Waals surface area contributed by atoms with E-state index in [9.17, 15) is 9.00 Å². The number of hydrogen-bond donors (Lipinski definition) is 2. The molecule has 0 saturated carbocycles. The number of fused-ring (bicyclic) bond motifs is 1. The number of nitrogens with one attached hydrogen (secondary N) is 1. The van der Waals surface area contributed by atoms with Crippen molar-refractivity contribution < 1.29 is 9.00 Å². The molecule has 0 bridgehead atoms. The first-order valence-electron chi connectivity index (χ1n) is 5.26. The van der Waals surface area contributed by atoms with Crippen LogP contribution in [-0.2, 0) is 10.1 Å². The van der Waals surface area contributed by atoms with Gasteiger partial charge < -0.3 is 0 Å². The predicted octanol–water partition coefficient (Wildman–Crippen LogP) is 1.83. The Balaban J connectivity index is 2.27. The lowest BCUT2D eigenvalue weighted by molar-refractivity contribution is 0.0980. The summed E-state index contributed by atoms with van der Waals surface area (Å²) in [6.45, 7) is 0. The summed E-state index contributed by atoms with van der Waals surface area (Å²) in [6, 6.07) is 10.3. The molecule has 0 radical (unpaired) electrons. The number of carbonyl (C=O) groups excluding carboxylic acids is 1. The van der Waals surface area contributed by atoms with Gasteiger partial charge >= 0.3 is 0 Å². The van der Waals surface area contributed by atoms with E-state index in [1.807, 2.05) is 6.07 Å². The van der Waals surface area contributed by atoms with Crippen molar-refractivity contribution in [1.82, 2.24) is 9.71 Å². The first kappa shape index (κ1) is 11.4. The van der Waals surface area contributed by atoms with Gasteiger partial charge in [0.25, 0.3) is 5.91 Å². The minimum absolute atomic E-state index is 0.187. The van der Waals surface area contributed by atoms with Crippen LogP contribution in [0.15, 0.2) is 52.4 Å². The van der Waals surface area contributed by atoms with E-state index in [4.69, 9.17) is 11.6 Å². The van der Waals surface area contributed by atoms with Crippen molar-refractivity contribution in [3.05, 3.63) is 53.3 Å². The van der Waals surface area contributed by atoms with Crippen LogP contribution < -0.4 is 4.72 Å². The molecule has 0 aliphatic carbocycles. The molecule has 1 aromatic carbocycles. The van der Waals surface area contributed by atoms with Gasteiger partial charge in [-0.3, -0.25) is 13.7 Å². The number of rotatable bonds is 1. The molecule has 0 saturated heterocycles. The molecule has 18 heavy (non-hydrogen) atoms. The molecule has 2 heterocycles. The Hall–Kier alpha value is -1.72. The van der Waals surface area contributed by atoms with Gasteiger partial charge in [0.2, 0.25) is 0 Å². The van der Waals surface area contributed by atoms with Crippen molar-refractivity contribution in [3.8, 4) is 0 Å². The molecule has 0 unspecified atom stereocenters. The lowest BCUT2D eigenvalue weighted by Crippen LogP contribution is -2.28.